The number of carboxylic acid groups (broad SMARTS) is 1. The number of benzene rings is 4. The number of carbonyl (C=O) groups excluding carboxylic acids is 1. The Kier molecular flexibility index (Phi) is 8.95. The van der Waals surface area contributed by atoms with Gasteiger partial charge >= 0.3 is 5.97 Å². The lowest BCUT2D eigenvalue weighted by molar-refractivity contribution is -0.117. The molecule has 0 aliphatic carbocycles. The van der Waals surface area contributed by atoms with Gasteiger partial charge < -0.3 is 25.2 Å². The van der Waals surface area contributed by atoms with Crippen molar-refractivity contribution in [1.82, 2.24) is 5.48 Å². The van der Waals surface area contributed by atoms with Gasteiger partial charge in [-0.15, -0.1) is 0 Å². The zero-order valence-electron chi connectivity index (χ0n) is 21.5. The van der Waals surface area contributed by atoms with Crippen LogP contribution in [0.1, 0.15) is 33.1 Å². The smallest absolute Gasteiger partial charge is 0.335 e. The quantitative estimate of drug-likeness (QED) is 0.0876. The second-order valence-corrected chi connectivity index (χ2v) is 8.70. The first-order valence-electron chi connectivity index (χ1n) is 12.2. The third-order valence-corrected chi connectivity index (χ3v) is 5.99. The molecule has 0 bridgehead atoms. The van der Waals surface area contributed by atoms with Gasteiger partial charge in [0.2, 0.25) is 0 Å². The first-order chi connectivity index (χ1) is 19.4. The van der Waals surface area contributed by atoms with E-state index in [0.29, 0.717) is 40.6 Å². The Balaban J connectivity index is 1.62. The molecule has 0 spiro atoms. The van der Waals surface area contributed by atoms with E-state index in [2.05, 4.69) is 10.6 Å². The molecule has 4 aromatic carbocycles. The molecule has 1 unspecified atom stereocenters. The van der Waals surface area contributed by atoms with Crippen LogP contribution in [0.3, 0.4) is 0 Å². The van der Waals surface area contributed by atoms with Crippen LogP contribution in [-0.2, 0) is 11.4 Å². The van der Waals surface area contributed by atoms with E-state index in [1.807, 2.05) is 30.3 Å². The molecule has 204 valence electrons. The summed E-state index contributed by atoms with van der Waals surface area (Å²) in [4.78, 5) is 24.9. The van der Waals surface area contributed by atoms with E-state index in [-0.39, 0.29) is 11.4 Å². The fourth-order valence-corrected chi connectivity index (χ4v) is 3.93. The van der Waals surface area contributed by atoms with E-state index >= 15 is 0 Å². The Morgan fingerprint density at radius 3 is 2.27 bits per heavy atom. The zero-order valence-corrected chi connectivity index (χ0v) is 21.5. The molecule has 1 amide bonds. The van der Waals surface area contributed by atoms with Crippen LogP contribution >= 0.6 is 0 Å². The lowest BCUT2D eigenvalue weighted by Crippen LogP contribution is -2.27. The summed E-state index contributed by atoms with van der Waals surface area (Å²) in [6, 6.07) is 26.4. The highest BCUT2D eigenvalue weighted by molar-refractivity contribution is 5.99. The Morgan fingerprint density at radius 2 is 1.60 bits per heavy atom. The average Bonchev–Trinajstić information content (AvgIpc) is 2.99. The Hall–Kier alpha value is -5.35. The minimum absolute atomic E-state index is 0.0411. The van der Waals surface area contributed by atoms with Crippen LogP contribution in [-0.4, -0.2) is 35.1 Å². The van der Waals surface area contributed by atoms with Crippen molar-refractivity contribution in [2.45, 2.75) is 12.6 Å². The van der Waals surface area contributed by atoms with Crippen molar-refractivity contribution in [2.24, 2.45) is 0 Å². The van der Waals surface area contributed by atoms with Gasteiger partial charge in [-0.2, -0.15) is 0 Å². The molecule has 6 N–H and O–H groups in total. The predicted octanol–water partition coefficient (Wildman–Crippen LogP) is 5.07. The number of rotatable bonds is 11. The summed E-state index contributed by atoms with van der Waals surface area (Å²) in [6.45, 7) is 0.336. The maximum atomic E-state index is 13.5. The third kappa shape index (κ3) is 6.94. The normalized spacial score (nSPS) is 11.2. The van der Waals surface area contributed by atoms with Crippen LogP contribution in [0.5, 0.6) is 11.5 Å². The van der Waals surface area contributed by atoms with Gasteiger partial charge in [0.15, 0.2) is 11.5 Å². The minimum atomic E-state index is -1.11. The number of amides is 1. The molecule has 1 atom stereocenters. The molecular weight excluding hydrogens is 512 g/mol. The van der Waals surface area contributed by atoms with Crippen molar-refractivity contribution >= 4 is 29.1 Å². The lowest BCUT2D eigenvalue weighted by atomic mass is 10.0. The van der Waals surface area contributed by atoms with E-state index in [1.165, 1.54) is 19.2 Å². The van der Waals surface area contributed by atoms with E-state index in [9.17, 15) is 14.7 Å². The van der Waals surface area contributed by atoms with Crippen LogP contribution < -0.4 is 25.6 Å². The number of ether oxygens (including phenoxy) is 2. The summed E-state index contributed by atoms with van der Waals surface area (Å²) < 4.78 is 11.5. The third-order valence-electron chi connectivity index (χ3n) is 5.99. The van der Waals surface area contributed by atoms with Gasteiger partial charge in [0.1, 0.15) is 18.5 Å². The van der Waals surface area contributed by atoms with Gasteiger partial charge in [0.05, 0.1) is 12.7 Å². The first-order valence-corrected chi connectivity index (χ1v) is 12.2. The number of carbonyl (C=O) groups is 2. The molecule has 0 aliphatic heterocycles. The van der Waals surface area contributed by atoms with Crippen molar-refractivity contribution in [2.75, 3.05) is 17.7 Å². The molecule has 0 saturated carbocycles. The number of anilines is 2. The summed E-state index contributed by atoms with van der Waals surface area (Å²) in [7, 11) is 1.51. The Morgan fingerprint density at radius 1 is 0.850 bits per heavy atom. The van der Waals surface area contributed by atoms with Gasteiger partial charge in [-0.25, -0.2) is 4.79 Å². The molecule has 0 saturated heterocycles. The number of amidine groups is 1. The van der Waals surface area contributed by atoms with Crippen molar-refractivity contribution in [3.05, 3.63) is 119 Å². The summed E-state index contributed by atoms with van der Waals surface area (Å²) in [5.41, 5.74) is 4.72. The predicted molar refractivity (Wildman–Crippen MR) is 150 cm³/mol. The minimum Gasteiger partial charge on any atom is -0.493 e. The fourth-order valence-electron chi connectivity index (χ4n) is 3.93. The molecule has 4 rings (SSSR count). The van der Waals surface area contributed by atoms with E-state index in [0.717, 1.165) is 5.56 Å². The van der Waals surface area contributed by atoms with Gasteiger partial charge in [0.25, 0.3) is 5.91 Å². The summed E-state index contributed by atoms with van der Waals surface area (Å²) in [6.07, 6.45) is 0. The Labute approximate surface area is 230 Å². The molecule has 10 nitrogen and oxygen atoms in total. The number of aromatic carboxylic acids is 1. The summed E-state index contributed by atoms with van der Waals surface area (Å²) in [5, 5.41) is 32.0. The number of hydrogen-bond acceptors (Lipinski definition) is 7. The van der Waals surface area contributed by atoms with Crippen molar-refractivity contribution in [3.63, 3.8) is 0 Å². The lowest BCUT2D eigenvalue weighted by Gasteiger charge is -2.22. The molecule has 0 radical (unpaired) electrons. The van der Waals surface area contributed by atoms with Gasteiger partial charge in [-0.1, -0.05) is 42.5 Å². The van der Waals surface area contributed by atoms with Gasteiger partial charge in [0, 0.05) is 16.9 Å². The maximum Gasteiger partial charge on any atom is 0.335 e. The average molecular weight is 541 g/mol. The zero-order chi connectivity index (χ0) is 28.5. The van der Waals surface area contributed by atoms with Crippen LogP contribution in [0, 0.1) is 5.41 Å². The topological polar surface area (TPSA) is 153 Å². The van der Waals surface area contributed by atoms with E-state index in [4.69, 9.17) is 20.1 Å². The molecule has 0 aliphatic rings. The number of carboxylic acids is 1. The highest BCUT2D eigenvalue weighted by atomic mass is 16.5. The summed E-state index contributed by atoms with van der Waals surface area (Å²) >= 11 is 0. The molecule has 0 heterocycles. The number of hydroxylamine groups is 1. The fraction of sp³-hybridized carbons (Fsp3) is 0.100. The van der Waals surface area contributed by atoms with E-state index < -0.39 is 17.9 Å². The second-order valence-electron chi connectivity index (χ2n) is 8.70. The largest absolute Gasteiger partial charge is 0.493 e. The number of methoxy groups -OCH3 is 1. The van der Waals surface area contributed by atoms with E-state index in [1.54, 1.807) is 60.1 Å². The molecule has 40 heavy (non-hydrogen) atoms. The van der Waals surface area contributed by atoms with Crippen molar-refractivity contribution in [1.29, 1.82) is 5.41 Å². The van der Waals surface area contributed by atoms with Crippen molar-refractivity contribution in [3.8, 4) is 11.5 Å². The molecule has 0 aromatic heterocycles. The Bertz CT molecular complexity index is 1490. The van der Waals surface area contributed by atoms with Gasteiger partial charge in [-0.05, 0) is 65.7 Å². The number of nitrogens with one attached hydrogen (secondary N) is 4. The molecular formula is C30H28N4O6. The standard InChI is InChI=1S/C30H28N4O6/c1-39-26-17-21(12-15-25(26)40-18-19-6-3-2-4-7-19)27(32-23-13-10-20(11-14-23)28(31)34-38)29(35)33-24-9-5-8-22(16-24)30(36)37/h2-17,27,32,38H,18H2,1H3,(H2,31,34)(H,33,35)(H,36,37). The monoisotopic (exact) mass is 540 g/mol. The summed E-state index contributed by atoms with van der Waals surface area (Å²) in [5.74, 6) is -0.794. The van der Waals surface area contributed by atoms with Crippen LogP contribution in [0.2, 0.25) is 0 Å². The highest BCUT2D eigenvalue weighted by Gasteiger charge is 2.23. The van der Waals surface area contributed by atoms with Crippen LogP contribution in [0.25, 0.3) is 0 Å². The number of hydrogen-bond donors (Lipinski definition) is 6. The van der Waals surface area contributed by atoms with Crippen LogP contribution in [0.4, 0.5) is 11.4 Å². The van der Waals surface area contributed by atoms with Gasteiger partial charge in [-0.3, -0.25) is 20.9 Å². The second kappa shape index (κ2) is 12.9. The molecule has 10 heteroatoms. The maximum absolute atomic E-state index is 13.5. The SMILES string of the molecule is COc1cc(C(Nc2ccc(C(=N)NO)cc2)C(=O)Nc2cccc(C(=O)O)c2)ccc1OCc1ccccc1. The van der Waals surface area contributed by atoms with Crippen molar-refractivity contribution < 1.29 is 29.4 Å². The molecule has 4 aromatic rings. The molecule has 0 fully saturated rings. The van der Waals surface area contributed by atoms with Crippen LogP contribution in [0.15, 0.2) is 97.1 Å². The highest BCUT2D eigenvalue weighted by Crippen LogP contribution is 2.33. The first kappa shape index (κ1) is 27.7.